The maximum atomic E-state index is 11.4. The Morgan fingerprint density at radius 2 is 2.21 bits per heavy atom. The van der Waals surface area contributed by atoms with E-state index in [1.807, 2.05) is 0 Å². The van der Waals surface area contributed by atoms with E-state index in [9.17, 15) is 9.90 Å². The van der Waals surface area contributed by atoms with E-state index in [1.165, 1.54) is 12.8 Å². The second-order valence-corrected chi connectivity index (χ2v) is 6.31. The van der Waals surface area contributed by atoms with Gasteiger partial charge in [-0.15, -0.1) is 0 Å². The Labute approximate surface area is 113 Å². The van der Waals surface area contributed by atoms with E-state index >= 15 is 0 Å². The van der Waals surface area contributed by atoms with E-state index in [0.717, 1.165) is 39.4 Å². The molecule has 2 saturated heterocycles. The molecule has 6 heteroatoms. The Hall–Kier alpha value is -0.850. The third-order valence-corrected chi connectivity index (χ3v) is 4.81. The summed E-state index contributed by atoms with van der Waals surface area (Å²) >= 11 is 0. The zero-order chi connectivity index (χ0) is 13.5. The summed E-state index contributed by atoms with van der Waals surface area (Å²) in [6.07, 6.45) is 1.56. The topological polar surface area (TPSA) is 65.0 Å². The van der Waals surface area contributed by atoms with Crippen LogP contribution in [0.3, 0.4) is 0 Å². The quantitative estimate of drug-likeness (QED) is 0.749. The van der Waals surface area contributed by atoms with E-state index in [2.05, 4.69) is 17.1 Å². The lowest BCUT2D eigenvalue weighted by molar-refractivity contribution is -0.0484. The van der Waals surface area contributed by atoms with Crippen molar-refractivity contribution < 1.29 is 14.6 Å². The summed E-state index contributed by atoms with van der Waals surface area (Å²) in [4.78, 5) is 15.5. The van der Waals surface area contributed by atoms with Gasteiger partial charge in [0, 0.05) is 38.3 Å². The normalized spacial score (nSPS) is 34.5. The van der Waals surface area contributed by atoms with Gasteiger partial charge >= 0.3 is 6.09 Å². The number of piperazine rings is 1. The number of rotatable bonds is 2. The molecule has 1 spiro atoms. The molecule has 0 aromatic carbocycles. The van der Waals surface area contributed by atoms with Crippen molar-refractivity contribution in [3.63, 3.8) is 0 Å². The van der Waals surface area contributed by atoms with E-state index in [1.54, 1.807) is 4.90 Å². The molecule has 3 rings (SSSR count). The van der Waals surface area contributed by atoms with E-state index in [4.69, 9.17) is 4.74 Å². The molecule has 2 heterocycles. The maximum Gasteiger partial charge on any atom is 0.407 e. The number of amides is 1. The Morgan fingerprint density at radius 1 is 1.42 bits per heavy atom. The van der Waals surface area contributed by atoms with Crippen LogP contribution in [0.1, 0.15) is 19.8 Å². The van der Waals surface area contributed by atoms with Crippen molar-refractivity contribution in [2.24, 2.45) is 0 Å². The number of nitrogens with zero attached hydrogens (tertiary/aromatic N) is 2. The molecule has 0 bridgehead atoms. The van der Waals surface area contributed by atoms with Crippen molar-refractivity contribution in [2.45, 2.75) is 30.8 Å². The van der Waals surface area contributed by atoms with Crippen LogP contribution in [0.25, 0.3) is 0 Å². The standard InChI is InChI=1S/C13H23N3O3/c1-12(8-14-4-5-16(12)11(17)18)9-15-6-7-19-10-13(15)2-3-13/h14H,2-10H2,1H3,(H,17,18). The van der Waals surface area contributed by atoms with E-state index in [0.29, 0.717) is 6.54 Å². The van der Waals surface area contributed by atoms with Gasteiger partial charge in [0.15, 0.2) is 0 Å². The number of carboxylic acid groups (broad SMARTS) is 1. The van der Waals surface area contributed by atoms with Crippen LogP contribution >= 0.6 is 0 Å². The summed E-state index contributed by atoms with van der Waals surface area (Å²) < 4.78 is 5.59. The fraction of sp³-hybridized carbons (Fsp3) is 0.923. The van der Waals surface area contributed by atoms with Crippen molar-refractivity contribution >= 4 is 6.09 Å². The largest absolute Gasteiger partial charge is 0.465 e. The molecule has 2 aliphatic heterocycles. The molecular formula is C13H23N3O3. The van der Waals surface area contributed by atoms with Gasteiger partial charge in [0.25, 0.3) is 0 Å². The molecule has 0 aromatic heterocycles. The molecule has 2 N–H and O–H groups in total. The maximum absolute atomic E-state index is 11.4. The SMILES string of the molecule is CC1(CN2CCOCC23CC3)CNCCN1C(=O)O. The average Bonchev–Trinajstić information content (AvgIpc) is 3.13. The number of hydrogen-bond donors (Lipinski definition) is 2. The number of hydrogen-bond acceptors (Lipinski definition) is 4. The predicted molar refractivity (Wildman–Crippen MR) is 70.4 cm³/mol. The Bertz CT molecular complexity index is 372. The molecule has 108 valence electrons. The van der Waals surface area contributed by atoms with Crippen LogP contribution in [0.15, 0.2) is 0 Å². The Kier molecular flexibility index (Phi) is 3.19. The van der Waals surface area contributed by atoms with Crippen LogP contribution in [0.4, 0.5) is 4.79 Å². The molecule has 3 aliphatic rings. The summed E-state index contributed by atoms with van der Waals surface area (Å²) in [5, 5.41) is 12.7. The van der Waals surface area contributed by atoms with Gasteiger partial charge in [0.1, 0.15) is 0 Å². The van der Waals surface area contributed by atoms with Crippen LogP contribution in [0, 0.1) is 0 Å². The van der Waals surface area contributed by atoms with Gasteiger partial charge in [-0.25, -0.2) is 4.79 Å². The highest BCUT2D eigenvalue weighted by atomic mass is 16.5. The first-order chi connectivity index (χ1) is 9.06. The molecule has 0 aromatic rings. The average molecular weight is 269 g/mol. The van der Waals surface area contributed by atoms with Gasteiger partial charge in [-0.3, -0.25) is 9.80 Å². The van der Waals surface area contributed by atoms with Crippen molar-refractivity contribution in [3.05, 3.63) is 0 Å². The summed E-state index contributed by atoms with van der Waals surface area (Å²) in [5.41, 5.74) is -0.125. The first-order valence-corrected chi connectivity index (χ1v) is 7.10. The highest BCUT2D eigenvalue weighted by molar-refractivity contribution is 5.66. The zero-order valence-corrected chi connectivity index (χ0v) is 11.5. The third-order valence-electron chi connectivity index (χ3n) is 4.81. The van der Waals surface area contributed by atoms with Crippen LogP contribution in [-0.2, 0) is 4.74 Å². The lowest BCUT2D eigenvalue weighted by Gasteiger charge is -2.48. The number of morpholine rings is 1. The van der Waals surface area contributed by atoms with E-state index < -0.39 is 6.09 Å². The van der Waals surface area contributed by atoms with Crippen LogP contribution < -0.4 is 5.32 Å². The summed E-state index contributed by atoms with van der Waals surface area (Å²) in [7, 11) is 0. The molecule has 1 amide bonds. The number of ether oxygens (including phenoxy) is 1. The van der Waals surface area contributed by atoms with Crippen molar-refractivity contribution in [2.75, 3.05) is 45.9 Å². The lowest BCUT2D eigenvalue weighted by Crippen LogP contribution is -2.67. The van der Waals surface area contributed by atoms with Crippen molar-refractivity contribution in [1.29, 1.82) is 0 Å². The fourth-order valence-electron chi connectivity index (χ4n) is 3.41. The van der Waals surface area contributed by atoms with Crippen LogP contribution in [0.2, 0.25) is 0 Å². The highest BCUT2D eigenvalue weighted by Crippen LogP contribution is 2.44. The molecule has 1 unspecified atom stereocenters. The highest BCUT2D eigenvalue weighted by Gasteiger charge is 2.52. The van der Waals surface area contributed by atoms with Gasteiger partial charge < -0.3 is 15.2 Å². The smallest absolute Gasteiger partial charge is 0.407 e. The number of nitrogens with one attached hydrogen (secondary N) is 1. The minimum atomic E-state index is -0.804. The Morgan fingerprint density at radius 3 is 2.89 bits per heavy atom. The van der Waals surface area contributed by atoms with Gasteiger partial charge in [-0.05, 0) is 19.8 Å². The molecule has 6 nitrogen and oxygen atoms in total. The first kappa shape index (κ1) is 13.1. The zero-order valence-electron chi connectivity index (χ0n) is 11.5. The molecule has 1 aliphatic carbocycles. The minimum Gasteiger partial charge on any atom is -0.465 e. The minimum absolute atomic E-state index is 0.211. The van der Waals surface area contributed by atoms with Gasteiger partial charge in [0.05, 0.1) is 18.8 Å². The predicted octanol–water partition coefficient (Wildman–Crippen LogP) is 0.193. The second-order valence-electron chi connectivity index (χ2n) is 6.31. The fourth-order valence-corrected chi connectivity index (χ4v) is 3.41. The molecule has 19 heavy (non-hydrogen) atoms. The van der Waals surface area contributed by atoms with Crippen LogP contribution in [0.5, 0.6) is 0 Å². The van der Waals surface area contributed by atoms with Crippen LogP contribution in [-0.4, -0.2) is 78.0 Å². The Balaban J connectivity index is 1.74. The lowest BCUT2D eigenvalue weighted by atomic mass is 9.95. The number of carbonyl (C=O) groups is 1. The molecule has 1 atom stereocenters. The second kappa shape index (κ2) is 4.61. The monoisotopic (exact) mass is 269 g/mol. The van der Waals surface area contributed by atoms with Gasteiger partial charge in [-0.1, -0.05) is 0 Å². The summed E-state index contributed by atoms with van der Waals surface area (Å²) in [6, 6.07) is 0. The molecule has 0 radical (unpaired) electrons. The summed E-state index contributed by atoms with van der Waals surface area (Å²) in [5.74, 6) is 0. The summed E-state index contributed by atoms with van der Waals surface area (Å²) in [6.45, 7) is 7.39. The third kappa shape index (κ3) is 2.32. The van der Waals surface area contributed by atoms with Gasteiger partial charge in [-0.2, -0.15) is 0 Å². The molecule has 1 saturated carbocycles. The molecular weight excluding hydrogens is 246 g/mol. The van der Waals surface area contributed by atoms with Crippen molar-refractivity contribution in [3.8, 4) is 0 Å². The first-order valence-electron chi connectivity index (χ1n) is 7.10. The van der Waals surface area contributed by atoms with Crippen molar-refractivity contribution in [1.82, 2.24) is 15.1 Å². The van der Waals surface area contributed by atoms with Gasteiger partial charge in [0.2, 0.25) is 0 Å². The van der Waals surface area contributed by atoms with E-state index in [-0.39, 0.29) is 11.1 Å². The molecule has 3 fully saturated rings.